The summed E-state index contributed by atoms with van der Waals surface area (Å²) in [6.45, 7) is 9.36. The number of carbonyl (C=O) groups excluding carboxylic acids is 1. The Morgan fingerprint density at radius 3 is 2.56 bits per heavy atom. The lowest BCUT2D eigenvalue weighted by Gasteiger charge is -2.29. The monoisotopic (exact) mass is 623 g/mol. The minimum Gasteiger partial charge on any atom is -0.497 e. The molecule has 2 aromatic heterocycles. The van der Waals surface area contributed by atoms with Gasteiger partial charge in [-0.1, -0.05) is 45.4 Å². The lowest BCUT2D eigenvalue weighted by Crippen LogP contribution is -2.38. The van der Waals surface area contributed by atoms with Gasteiger partial charge in [-0.25, -0.2) is 9.97 Å². The van der Waals surface area contributed by atoms with Crippen LogP contribution in [0.25, 0.3) is 10.9 Å². The lowest BCUT2D eigenvalue weighted by atomic mass is 10.0. The Morgan fingerprint density at radius 1 is 1.09 bits per heavy atom. The van der Waals surface area contributed by atoms with Gasteiger partial charge in [-0.15, -0.1) is 0 Å². The fourth-order valence-electron chi connectivity index (χ4n) is 5.40. The Labute approximate surface area is 259 Å². The molecule has 3 N–H and O–H groups in total. The molecule has 228 valence electrons. The molecule has 1 saturated carbocycles. The number of anilines is 4. The average Bonchev–Trinajstić information content (AvgIpc) is 3.73. The molecule has 4 aromatic rings. The van der Waals surface area contributed by atoms with Gasteiger partial charge in [0.25, 0.3) is 0 Å². The number of nitrogens with zero attached hydrogens (tertiary/aromatic N) is 4. The first kappa shape index (κ1) is 30.7. The number of halogens is 1. The summed E-state index contributed by atoms with van der Waals surface area (Å²) in [5.74, 6) is 5.14. The van der Waals surface area contributed by atoms with Crippen molar-refractivity contribution in [3.05, 3.63) is 58.4 Å². The first-order valence-electron chi connectivity index (χ1n) is 14.7. The smallest absolute Gasteiger partial charge is 0.211 e. The van der Waals surface area contributed by atoms with Gasteiger partial charge in [-0.3, -0.25) is 14.1 Å². The zero-order valence-electron chi connectivity index (χ0n) is 25.1. The van der Waals surface area contributed by atoms with Crippen molar-refractivity contribution < 1.29 is 13.7 Å². The topological polar surface area (TPSA) is 125 Å². The summed E-state index contributed by atoms with van der Waals surface area (Å²) in [4.78, 5) is 22.7. The third kappa shape index (κ3) is 6.47. The number of hydrogen-bond donors (Lipinski definition) is 3. The van der Waals surface area contributed by atoms with E-state index < -0.39 is 10.8 Å². The minimum absolute atomic E-state index is 0.0993. The molecular formula is C31H38ClN7O3S. The standard InChI is InChI=1S/C29H32ClN7O3S.C2H6/c1-16(2)26-32-28(25(30)29(34-26)37-8-10-41(39)11-9-37)33-27-19-6-4-17(12-24(19)35-36-27)20-14-21(20)22-13-18(40-3)5-7-23(22)31-15-38;1-2/h4-7,12-13,15-16,20-21H,8-11,14H2,1-3H3,(H,31,38)(H2,32,33,34,35,36);1-2H3. The van der Waals surface area contributed by atoms with E-state index in [1.165, 1.54) is 5.56 Å². The number of aromatic nitrogens is 4. The van der Waals surface area contributed by atoms with Crippen molar-refractivity contribution in [1.29, 1.82) is 0 Å². The van der Waals surface area contributed by atoms with Crippen LogP contribution in [0.3, 0.4) is 0 Å². The number of aromatic amines is 1. The molecule has 1 aliphatic carbocycles. The van der Waals surface area contributed by atoms with Crippen LogP contribution in [0.1, 0.15) is 68.8 Å². The third-order valence-corrected chi connectivity index (χ3v) is 9.38. The first-order valence-corrected chi connectivity index (χ1v) is 16.5. The number of H-pyrrole nitrogens is 1. The van der Waals surface area contributed by atoms with Crippen molar-refractivity contribution in [2.75, 3.05) is 47.2 Å². The van der Waals surface area contributed by atoms with E-state index in [4.69, 9.17) is 26.3 Å². The number of carbonyl (C=O) groups is 1. The zero-order valence-corrected chi connectivity index (χ0v) is 26.7. The highest BCUT2D eigenvalue weighted by atomic mass is 35.5. The van der Waals surface area contributed by atoms with Crippen LogP contribution in [0.15, 0.2) is 36.4 Å². The van der Waals surface area contributed by atoms with Crippen molar-refractivity contribution in [2.45, 2.75) is 51.9 Å². The number of ether oxygens (including phenoxy) is 1. The van der Waals surface area contributed by atoms with Gasteiger partial charge in [0.15, 0.2) is 17.5 Å². The van der Waals surface area contributed by atoms with Crippen LogP contribution in [-0.2, 0) is 15.6 Å². The van der Waals surface area contributed by atoms with Gasteiger partial charge in [0.05, 0.1) is 12.6 Å². The molecule has 2 fully saturated rings. The van der Waals surface area contributed by atoms with E-state index in [-0.39, 0.29) is 11.8 Å². The van der Waals surface area contributed by atoms with Gasteiger partial charge in [-0.05, 0) is 59.7 Å². The van der Waals surface area contributed by atoms with E-state index in [1.54, 1.807) is 7.11 Å². The quantitative estimate of drug-likeness (QED) is 0.185. The molecule has 10 nitrogen and oxygen atoms in total. The second-order valence-electron chi connectivity index (χ2n) is 10.7. The van der Waals surface area contributed by atoms with Crippen molar-refractivity contribution >= 4 is 62.9 Å². The van der Waals surface area contributed by atoms with E-state index in [9.17, 15) is 9.00 Å². The molecule has 1 aliphatic heterocycles. The van der Waals surface area contributed by atoms with Crippen LogP contribution in [0, 0.1) is 0 Å². The summed E-state index contributed by atoms with van der Waals surface area (Å²) in [5.41, 5.74) is 3.98. The Balaban J connectivity index is 0.00000180. The van der Waals surface area contributed by atoms with Gasteiger partial charge in [0.2, 0.25) is 6.41 Å². The maximum atomic E-state index is 11.9. The highest BCUT2D eigenvalue weighted by Crippen LogP contribution is 2.57. The van der Waals surface area contributed by atoms with Gasteiger partial charge < -0.3 is 20.3 Å². The van der Waals surface area contributed by atoms with E-state index in [0.29, 0.717) is 65.2 Å². The van der Waals surface area contributed by atoms with Gasteiger partial charge >= 0.3 is 0 Å². The third-order valence-electron chi connectivity index (χ3n) is 7.76. The normalized spacial score (nSPS) is 18.3. The Hall–Kier alpha value is -3.70. The fourth-order valence-corrected chi connectivity index (χ4v) is 6.71. The van der Waals surface area contributed by atoms with E-state index in [1.807, 2.05) is 45.9 Å². The highest BCUT2D eigenvalue weighted by Gasteiger charge is 2.41. The second kappa shape index (κ2) is 13.3. The van der Waals surface area contributed by atoms with Gasteiger partial charge in [0, 0.05) is 52.4 Å². The first-order chi connectivity index (χ1) is 20.9. The maximum absolute atomic E-state index is 11.9. The lowest BCUT2D eigenvalue weighted by molar-refractivity contribution is -0.105. The minimum atomic E-state index is -0.802. The van der Waals surface area contributed by atoms with Crippen LogP contribution in [-0.4, -0.2) is 62.5 Å². The van der Waals surface area contributed by atoms with E-state index >= 15 is 0 Å². The number of nitrogens with one attached hydrogen (secondary N) is 3. The summed E-state index contributed by atoms with van der Waals surface area (Å²) in [6, 6.07) is 12.0. The van der Waals surface area contributed by atoms with Crippen LogP contribution >= 0.6 is 11.6 Å². The van der Waals surface area contributed by atoms with Gasteiger partial charge in [0.1, 0.15) is 16.6 Å². The number of rotatable bonds is 9. The number of fused-ring (bicyclic) bond motifs is 1. The average molecular weight is 624 g/mol. The Kier molecular flexibility index (Phi) is 9.51. The summed E-state index contributed by atoms with van der Waals surface area (Å²) in [5, 5.41) is 15.2. The molecule has 1 amide bonds. The SMILES string of the molecule is CC.COc1ccc(NC=O)c(C2CC2c2ccc3c(Nc4nc(C(C)C)nc(N5CCS(=O)CC5)c4Cl)n[nH]c3c2)c1. The second-order valence-corrected chi connectivity index (χ2v) is 12.8. The predicted molar refractivity (Wildman–Crippen MR) is 175 cm³/mol. The number of hydrogen-bond acceptors (Lipinski definition) is 8. The summed E-state index contributed by atoms with van der Waals surface area (Å²) in [6.07, 6.45) is 1.69. The molecule has 6 rings (SSSR count). The van der Waals surface area contributed by atoms with Crippen molar-refractivity contribution in [2.24, 2.45) is 0 Å². The Bertz CT molecular complexity index is 1630. The van der Waals surface area contributed by atoms with Crippen molar-refractivity contribution in [3.63, 3.8) is 0 Å². The summed E-state index contributed by atoms with van der Waals surface area (Å²) < 4.78 is 17.3. The van der Waals surface area contributed by atoms with Crippen LogP contribution in [0.5, 0.6) is 5.75 Å². The molecule has 2 atom stereocenters. The Morgan fingerprint density at radius 2 is 1.86 bits per heavy atom. The number of benzene rings is 2. The molecule has 2 aromatic carbocycles. The number of amides is 1. The fraction of sp³-hybridized carbons (Fsp3) is 0.419. The van der Waals surface area contributed by atoms with Crippen LogP contribution in [0.4, 0.5) is 23.1 Å². The molecule has 3 heterocycles. The molecule has 2 unspecified atom stereocenters. The predicted octanol–water partition coefficient (Wildman–Crippen LogP) is 6.32. The largest absolute Gasteiger partial charge is 0.497 e. The number of methoxy groups -OCH3 is 1. The summed E-state index contributed by atoms with van der Waals surface area (Å²) in [7, 11) is 0.841. The molecule has 0 spiro atoms. The molecule has 12 heteroatoms. The molecule has 43 heavy (non-hydrogen) atoms. The molecule has 0 bridgehead atoms. The molecule has 1 saturated heterocycles. The van der Waals surface area contributed by atoms with Crippen molar-refractivity contribution in [1.82, 2.24) is 20.2 Å². The van der Waals surface area contributed by atoms with E-state index in [2.05, 4.69) is 43.9 Å². The van der Waals surface area contributed by atoms with Crippen LogP contribution in [0.2, 0.25) is 5.02 Å². The highest BCUT2D eigenvalue weighted by molar-refractivity contribution is 7.85. The summed E-state index contributed by atoms with van der Waals surface area (Å²) >= 11 is 6.85. The van der Waals surface area contributed by atoms with Gasteiger partial charge in [-0.2, -0.15) is 5.10 Å². The molecule has 0 radical (unpaired) electrons. The van der Waals surface area contributed by atoms with Crippen molar-refractivity contribution in [3.8, 4) is 5.75 Å². The zero-order chi connectivity index (χ0) is 30.7. The van der Waals surface area contributed by atoms with E-state index in [0.717, 1.165) is 34.3 Å². The molecule has 2 aliphatic rings. The molecular weight excluding hydrogens is 586 g/mol. The van der Waals surface area contributed by atoms with Crippen LogP contribution < -0.4 is 20.3 Å². The maximum Gasteiger partial charge on any atom is 0.211 e.